The molecular weight excluding hydrogens is 216 g/mol. The fraction of sp³-hybridized carbons (Fsp3) is 0.462. The van der Waals surface area contributed by atoms with Crippen LogP contribution in [0.1, 0.15) is 17.9 Å². The van der Waals surface area contributed by atoms with Gasteiger partial charge in [0.2, 0.25) is 5.91 Å². The molecule has 0 bridgehead atoms. The number of ether oxygens (including phenoxy) is 1. The van der Waals surface area contributed by atoms with Gasteiger partial charge in [-0.05, 0) is 24.2 Å². The average molecular weight is 236 g/mol. The topological polar surface area (TPSA) is 55.6 Å². The Balaban J connectivity index is 2.75. The first-order chi connectivity index (χ1) is 8.08. The van der Waals surface area contributed by atoms with Crippen molar-refractivity contribution in [1.82, 2.24) is 4.90 Å². The van der Waals surface area contributed by atoms with Crippen molar-refractivity contribution >= 4 is 5.91 Å². The zero-order chi connectivity index (χ0) is 12.8. The lowest BCUT2D eigenvalue weighted by atomic mass is 9.95. The molecule has 0 saturated heterocycles. The molecule has 1 amide bonds. The Morgan fingerprint density at radius 1 is 1.35 bits per heavy atom. The zero-order valence-corrected chi connectivity index (χ0v) is 10.6. The second kappa shape index (κ2) is 6.25. The number of hydrogen-bond donors (Lipinski definition) is 1. The molecule has 0 heterocycles. The minimum atomic E-state index is 0.0656. The van der Waals surface area contributed by atoms with Gasteiger partial charge < -0.3 is 15.4 Å². The van der Waals surface area contributed by atoms with Crippen molar-refractivity contribution < 1.29 is 9.53 Å². The van der Waals surface area contributed by atoms with Crippen LogP contribution in [0.5, 0.6) is 5.75 Å². The van der Waals surface area contributed by atoms with E-state index >= 15 is 0 Å². The van der Waals surface area contributed by atoms with Gasteiger partial charge in [0.1, 0.15) is 5.75 Å². The lowest BCUT2D eigenvalue weighted by Gasteiger charge is -2.18. The first-order valence-corrected chi connectivity index (χ1v) is 5.62. The second-order valence-corrected chi connectivity index (χ2v) is 4.20. The molecule has 1 atom stereocenters. The molecular formula is C13H20N2O2. The Morgan fingerprint density at radius 3 is 2.35 bits per heavy atom. The van der Waals surface area contributed by atoms with E-state index in [1.165, 1.54) is 0 Å². The molecule has 0 aliphatic rings. The lowest BCUT2D eigenvalue weighted by Crippen LogP contribution is -2.26. The van der Waals surface area contributed by atoms with Gasteiger partial charge in [-0.15, -0.1) is 0 Å². The van der Waals surface area contributed by atoms with Gasteiger partial charge in [0.25, 0.3) is 0 Å². The van der Waals surface area contributed by atoms with Crippen LogP contribution in [0.4, 0.5) is 0 Å². The number of rotatable bonds is 5. The summed E-state index contributed by atoms with van der Waals surface area (Å²) >= 11 is 0. The molecule has 0 aromatic heterocycles. The number of carbonyl (C=O) groups excluding carboxylic acids is 1. The highest BCUT2D eigenvalue weighted by atomic mass is 16.5. The van der Waals surface area contributed by atoms with Gasteiger partial charge in [0.05, 0.1) is 7.11 Å². The molecule has 0 aliphatic carbocycles. The smallest absolute Gasteiger partial charge is 0.222 e. The number of hydrogen-bond acceptors (Lipinski definition) is 3. The average Bonchev–Trinajstić information content (AvgIpc) is 2.35. The quantitative estimate of drug-likeness (QED) is 0.836. The van der Waals surface area contributed by atoms with Crippen LogP contribution >= 0.6 is 0 Å². The number of methoxy groups -OCH3 is 1. The normalized spacial score (nSPS) is 12.0. The van der Waals surface area contributed by atoms with Crippen LogP contribution < -0.4 is 10.5 Å². The van der Waals surface area contributed by atoms with Crippen molar-refractivity contribution in [1.29, 1.82) is 0 Å². The van der Waals surface area contributed by atoms with E-state index in [-0.39, 0.29) is 11.8 Å². The number of amides is 1. The van der Waals surface area contributed by atoms with Gasteiger partial charge in [0, 0.05) is 26.4 Å². The number of nitrogens with zero attached hydrogens (tertiary/aromatic N) is 1. The highest BCUT2D eigenvalue weighted by Crippen LogP contribution is 2.21. The lowest BCUT2D eigenvalue weighted by molar-refractivity contribution is -0.129. The number of benzene rings is 1. The highest BCUT2D eigenvalue weighted by Gasteiger charge is 2.15. The molecule has 94 valence electrons. The summed E-state index contributed by atoms with van der Waals surface area (Å²) < 4.78 is 5.10. The molecule has 0 saturated carbocycles. The third-order valence-electron chi connectivity index (χ3n) is 2.79. The molecule has 17 heavy (non-hydrogen) atoms. The van der Waals surface area contributed by atoms with E-state index in [0.29, 0.717) is 13.0 Å². The minimum Gasteiger partial charge on any atom is -0.497 e. The Morgan fingerprint density at radius 2 is 1.94 bits per heavy atom. The third kappa shape index (κ3) is 3.75. The van der Waals surface area contributed by atoms with E-state index in [2.05, 4.69) is 0 Å². The standard InChI is InChI=1S/C13H20N2O2/c1-15(2)13(16)8-11(9-14)10-4-6-12(17-3)7-5-10/h4-7,11H,8-9,14H2,1-3H3. The summed E-state index contributed by atoms with van der Waals surface area (Å²) in [5.74, 6) is 0.968. The second-order valence-electron chi connectivity index (χ2n) is 4.20. The van der Waals surface area contributed by atoms with Gasteiger partial charge in [-0.1, -0.05) is 12.1 Å². The molecule has 0 aliphatic heterocycles. The van der Waals surface area contributed by atoms with E-state index in [4.69, 9.17) is 10.5 Å². The predicted molar refractivity (Wildman–Crippen MR) is 68.1 cm³/mol. The molecule has 1 aromatic carbocycles. The SMILES string of the molecule is COc1ccc(C(CN)CC(=O)N(C)C)cc1. The van der Waals surface area contributed by atoms with Crippen LogP contribution in [0.15, 0.2) is 24.3 Å². The summed E-state index contributed by atoms with van der Waals surface area (Å²) in [7, 11) is 5.14. The van der Waals surface area contributed by atoms with Gasteiger partial charge in [0.15, 0.2) is 0 Å². The Bertz CT molecular complexity index is 360. The molecule has 4 nitrogen and oxygen atoms in total. The highest BCUT2D eigenvalue weighted by molar-refractivity contribution is 5.76. The number of carbonyl (C=O) groups is 1. The first-order valence-electron chi connectivity index (χ1n) is 5.62. The summed E-state index contributed by atoms with van der Waals surface area (Å²) in [5.41, 5.74) is 6.79. The molecule has 1 unspecified atom stereocenters. The van der Waals surface area contributed by atoms with Crippen molar-refractivity contribution in [2.24, 2.45) is 5.73 Å². The van der Waals surface area contributed by atoms with Gasteiger partial charge >= 0.3 is 0 Å². The monoisotopic (exact) mass is 236 g/mol. The van der Waals surface area contributed by atoms with Crippen LogP contribution in [0.25, 0.3) is 0 Å². The first kappa shape index (κ1) is 13.5. The minimum absolute atomic E-state index is 0.0656. The van der Waals surface area contributed by atoms with E-state index in [1.807, 2.05) is 24.3 Å². The van der Waals surface area contributed by atoms with Crippen LogP contribution in [0.2, 0.25) is 0 Å². The summed E-state index contributed by atoms with van der Waals surface area (Å²) in [6.45, 7) is 0.464. The summed E-state index contributed by atoms with van der Waals surface area (Å²) in [6, 6.07) is 7.69. The maximum Gasteiger partial charge on any atom is 0.222 e. The Hall–Kier alpha value is -1.55. The van der Waals surface area contributed by atoms with Crippen molar-refractivity contribution in [3.8, 4) is 5.75 Å². The van der Waals surface area contributed by atoms with Gasteiger partial charge in [-0.25, -0.2) is 0 Å². The molecule has 2 N–H and O–H groups in total. The molecule has 1 aromatic rings. The molecule has 0 spiro atoms. The van der Waals surface area contributed by atoms with Crippen molar-refractivity contribution in [2.75, 3.05) is 27.7 Å². The van der Waals surface area contributed by atoms with Crippen LogP contribution in [0, 0.1) is 0 Å². The zero-order valence-electron chi connectivity index (χ0n) is 10.6. The van der Waals surface area contributed by atoms with E-state index in [9.17, 15) is 4.79 Å². The molecule has 1 rings (SSSR count). The van der Waals surface area contributed by atoms with E-state index < -0.39 is 0 Å². The fourth-order valence-electron chi connectivity index (χ4n) is 1.61. The van der Waals surface area contributed by atoms with Gasteiger partial charge in [-0.3, -0.25) is 4.79 Å². The van der Waals surface area contributed by atoms with Crippen LogP contribution in [-0.2, 0) is 4.79 Å². The largest absolute Gasteiger partial charge is 0.497 e. The van der Waals surface area contributed by atoms with Crippen LogP contribution in [-0.4, -0.2) is 38.6 Å². The maximum absolute atomic E-state index is 11.7. The summed E-state index contributed by atoms with van der Waals surface area (Å²) in [4.78, 5) is 13.2. The molecule has 0 radical (unpaired) electrons. The fourth-order valence-corrected chi connectivity index (χ4v) is 1.61. The van der Waals surface area contributed by atoms with Crippen molar-refractivity contribution in [3.05, 3.63) is 29.8 Å². The Kier molecular flexibility index (Phi) is 4.97. The maximum atomic E-state index is 11.7. The van der Waals surface area contributed by atoms with E-state index in [0.717, 1.165) is 11.3 Å². The predicted octanol–water partition coefficient (Wildman–Crippen LogP) is 1.22. The molecule has 0 fully saturated rings. The van der Waals surface area contributed by atoms with Crippen LogP contribution in [0.3, 0.4) is 0 Å². The summed E-state index contributed by atoms with van der Waals surface area (Å²) in [5, 5.41) is 0. The van der Waals surface area contributed by atoms with Crippen molar-refractivity contribution in [2.45, 2.75) is 12.3 Å². The third-order valence-corrected chi connectivity index (χ3v) is 2.79. The van der Waals surface area contributed by atoms with Gasteiger partial charge in [-0.2, -0.15) is 0 Å². The Labute approximate surface area is 102 Å². The number of nitrogens with two attached hydrogens (primary N) is 1. The van der Waals surface area contributed by atoms with E-state index in [1.54, 1.807) is 26.1 Å². The summed E-state index contributed by atoms with van der Waals surface area (Å²) in [6.07, 6.45) is 0.440. The molecule has 4 heteroatoms. The van der Waals surface area contributed by atoms with Crippen molar-refractivity contribution in [3.63, 3.8) is 0 Å².